The van der Waals surface area contributed by atoms with Crippen LogP contribution in [0, 0.1) is 18.7 Å². The van der Waals surface area contributed by atoms with E-state index in [1.165, 1.54) is 16.7 Å². The number of hydrogen-bond donors (Lipinski definition) is 1. The maximum Gasteiger partial charge on any atom is 0.410 e. The zero-order chi connectivity index (χ0) is 28.9. The fourth-order valence-electron chi connectivity index (χ4n) is 6.45. The van der Waals surface area contributed by atoms with Crippen molar-refractivity contribution >= 4 is 23.3 Å². The molecule has 10 heteroatoms. The molecule has 0 spiro atoms. The molecule has 0 aromatic carbocycles. The number of aromatic carboxylic acids is 1. The lowest BCUT2D eigenvalue weighted by Crippen LogP contribution is -2.48. The van der Waals surface area contributed by atoms with Crippen LogP contribution in [0.1, 0.15) is 80.3 Å². The Bertz CT molecular complexity index is 1370. The van der Waals surface area contributed by atoms with Gasteiger partial charge in [-0.1, -0.05) is 0 Å². The van der Waals surface area contributed by atoms with Crippen LogP contribution < -0.4 is 10.5 Å². The van der Waals surface area contributed by atoms with E-state index in [9.17, 15) is 19.5 Å². The van der Waals surface area contributed by atoms with Crippen molar-refractivity contribution < 1.29 is 23.8 Å². The van der Waals surface area contributed by atoms with Crippen LogP contribution in [0.4, 0.5) is 14.9 Å². The second kappa shape index (κ2) is 10.7. The molecule has 3 aliphatic rings. The van der Waals surface area contributed by atoms with Crippen molar-refractivity contribution in [2.24, 2.45) is 5.92 Å². The summed E-state index contributed by atoms with van der Waals surface area (Å²) in [5, 5.41) is 9.55. The number of carboxylic acids is 1. The van der Waals surface area contributed by atoms with E-state index >= 15 is 4.39 Å². The molecule has 40 heavy (non-hydrogen) atoms. The Labute approximate surface area is 234 Å². The molecular weight excluding hydrogens is 515 g/mol. The minimum Gasteiger partial charge on any atom is -0.477 e. The van der Waals surface area contributed by atoms with Crippen LogP contribution in [0.15, 0.2) is 17.1 Å². The summed E-state index contributed by atoms with van der Waals surface area (Å²) in [5.74, 6) is -1.22. The Kier molecular flexibility index (Phi) is 7.58. The minimum atomic E-state index is -1.29. The van der Waals surface area contributed by atoms with Gasteiger partial charge in [0.1, 0.15) is 11.2 Å². The number of aryl methyl sites for hydroxylation is 1. The van der Waals surface area contributed by atoms with Crippen LogP contribution in [-0.4, -0.2) is 82.8 Å². The van der Waals surface area contributed by atoms with Gasteiger partial charge in [0.25, 0.3) is 5.56 Å². The summed E-state index contributed by atoms with van der Waals surface area (Å²) in [4.78, 5) is 43.3. The number of pyridine rings is 2. The van der Waals surface area contributed by atoms with E-state index in [0.29, 0.717) is 48.4 Å². The van der Waals surface area contributed by atoms with Crippen molar-refractivity contribution in [3.63, 3.8) is 0 Å². The lowest BCUT2D eigenvalue weighted by atomic mass is 10.0. The zero-order valence-electron chi connectivity index (χ0n) is 24.2. The van der Waals surface area contributed by atoms with Gasteiger partial charge < -0.3 is 24.5 Å². The number of carbonyl (C=O) groups is 2. The van der Waals surface area contributed by atoms with Gasteiger partial charge in [0.2, 0.25) is 0 Å². The molecule has 1 atom stereocenters. The Balaban J connectivity index is 1.27. The number of halogens is 1. The van der Waals surface area contributed by atoms with Gasteiger partial charge in [-0.2, -0.15) is 0 Å². The molecule has 4 heterocycles. The molecule has 1 saturated carbocycles. The van der Waals surface area contributed by atoms with E-state index in [1.54, 1.807) is 4.90 Å². The van der Waals surface area contributed by atoms with Crippen LogP contribution in [0.3, 0.4) is 0 Å². The summed E-state index contributed by atoms with van der Waals surface area (Å²) < 4.78 is 22.3. The molecule has 1 N–H and O–H groups in total. The number of piperidine rings is 1. The quantitative estimate of drug-likeness (QED) is 0.561. The summed E-state index contributed by atoms with van der Waals surface area (Å²) in [6.07, 6.45) is 5.52. The fourth-order valence-corrected chi connectivity index (χ4v) is 6.45. The number of carboxylic acid groups (broad SMARTS) is 1. The topological polar surface area (TPSA) is 94.8 Å². The average molecular weight is 557 g/mol. The molecule has 0 radical (unpaired) electrons. The molecular formula is C30H41FN4O5. The van der Waals surface area contributed by atoms with Crippen molar-refractivity contribution in [1.82, 2.24) is 14.2 Å². The third kappa shape index (κ3) is 5.68. The first-order chi connectivity index (χ1) is 18.8. The zero-order valence-corrected chi connectivity index (χ0v) is 24.2. The van der Waals surface area contributed by atoms with Gasteiger partial charge in [0.05, 0.1) is 17.4 Å². The van der Waals surface area contributed by atoms with Gasteiger partial charge in [-0.25, -0.2) is 14.0 Å². The van der Waals surface area contributed by atoms with E-state index in [0.717, 1.165) is 50.8 Å². The van der Waals surface area contributed by atoms with Gasteiger partial charge in [0, 0.05) is 38.8 Å². The van der Waals surface area contributed by atoms with Crippen LogP contribution in [0.2, 0.25) is 0 Å². The van der Waals surface area contributed by atoms with E-state index in [4.69, 9.17) is 4.74 Å². The molecule has 2 aromatic rings. The van der Waals surface area contributed by atoms with Crippen molar-refractivity contribution in [2.45, 2.75) is 77.4 Å². The smallest absolute Gasteiger partial charge is 0.410 e. The normalized spacial score (nSPS) is 20.5. The third-order valence-electron chi connectivity index (χ3n) is 8.58. The van der Waals surface area contributed by atoms with Gasteiger partial charge in [-0.05, 0) is 95.9 Å². The van der Waals surface area contributed by atoms with Crippen molar-refractivity contribution in [2.75, 3.05) is 44.7 Å². The van der Waals surface area contributed by atoms with E-state index in [2.05, 4.69) is 16.8 Å². The molecule has 1 amide bonds. The van der Waals surface area contributed by atoms with Crippen LogP contribution in [0.5, 0.6) is 0 Å². The van der Waals surface area contributed by atoms with Gasteiger partial charge in [-0.15, -0.1) is 0 Å². The number of ether oxygens (including phenoxy) is 1. The molecule has 9 nitrogen and oxygen atoms in total. The monoisotopic (exact) mass is 556 g/mol. The summed E-state index contributed by atoms with van der Waals surface area (Å²) in [6, 6.07) is 1.88. The number of carbonyl (C=O) groups excluding carboxylic acids is 1. The van der Waals surface area contributed by atoms with Gasteiger partial charge in [0.15, 0.2) is 5.82 Å². The van der Waals surface area contributed by atoms with Crippen LogP contribution >= 0.6 is 0 Å². The second-order valence-electron chi connectivity index (χ2n) is 12.8. The number of anilines is 1. The Hall–Kier alpha value is -3.14. The Morgan fingerprint density at radius 1 is 1.12 bits per heavy atom. The van der Waals surface area contributed by atoms with Crippen molar-refractivity contribution in [3.05, 3.63) is 45.1 Å². The van der Waals surface area contributed by atoms with Crippen LogP contribution in [-0.2, 0) is 4.74 Å². The number of rotatable bonds is 6. The lowest BCUT2D eigenvalue weighted by molar-refractivity contribution is 0.0151. The van der Waals surface area contributed by atoms with Crippen LogP contribution in [0.25, 0.3) is 5.52 Å². The standard InChI is InChI=1S/C30H41FN4O5/c1-18-25-22(20-6-7-20)14-23(28(37)38)27(36)35(25)17-24(31)26(18)34-11-8-19(16-34)15-32(5)21-9-12-33(13-10-21)29(39)40-30(2,3)4/h14,17,19-21H,6-13,15-16H2,1-5H3,(H,37,38)/t19-/m1/s1. The first kappa shape index (κ1) is 28.4. The molecule has 0 bridgehead atoms. The average Bonchev–Trinajstić information content (AvgIpc) is 3.62. The predicted octanol–water partition coefficient (Wildman–Crippen LogP) is 4.48. The van der Waals surface area contributed by atoms with E-state index in [-0.39, 0.29) is 17.6 Å². The molecule has 1 aliphatic carbocycles. The third-order valence-corrected chi connectivity index (χ3v) is 8.58. The Morgan fingerprint density at radius 3 is 2.40 bits per heavy atom. The highest BCUT2D eigenvalue weighted by atomic mass is 19.1. The number of amides is 1. The largest absolute Gasteiger partial charge is 0.477 e. The number of aromatic nitrogens is 1. The Morgan fingerprint density at radius 2 is 1.80 bits per heavy atom. The maximum absolute atomic E-state index is 15.6. The molecule has 2 saturated heterocycles. The second-order valence-corrected chi connectivity index (χ2v) is 12.8. The molecule has 3 fully saturated rings. The molecule has 0 unspecified atom stereocenters. The summed E-state index contributed by atoms with van der Waals surface area (Å²) in [6.45, 7) is 11.1. The molecule has 2 aliphatic heterocycles. The first-order valence-electron chi connectivity index (χ1n) is 14.4. The summed E-state index contributed by atoms with van der Waals surface area (Å²) in [7, 11) is 2.13. The SMILES string of the molecule is Cc1c(N2CC[C@H](CN(C)C3CCN(C(=O)OC(C)(C)C)CC3)C2)c(F)cn2c(=O)c(C(=O)O)cc(C3CC3)c12. The highest BCUT2D eigenvalue weighted by molar-refractivity contribution is 5.89. The highest BCUT2D eigenvalue weighted by Crippen LogP contribution is 2.44. The number of nitrogens with zero attached hydrogens (tertiary/aromatic N) is 4. The minimum absolute atomic E-state index is 0.201. The van der Waals surface area contributed by atoms with E-state index in [1.807, 2.05) is 27.7 Å². The number of likely N-dealkylation sites (tertiary alicyclic amines) is 1. The van der Waals surface area contributed by atoms with Crippen molar-refractivity contribution in [3.8, 4) is 0 Å². The molecule has 5 rings (SSSR count). The van der Waals surface area contributed by atoms with Gasteiger partial charge in [-0.3, -0.25) is 9.20 Å². The maximum atomic E-state index is 15.6. The first-order valence-corrected chi connectivity index (χ1v) is 14.4. The molecule has 2 aromatic heterocycles. The number of fused-ring (bicyclic) bond motifs is 1. The molecule has 218 valence electrons. The summed E-state index contributed by atoms with van der Waals surface area (Å²) in [5.41, 5.74) is 1.17. The summed E-state index contributed by atoms with van der Waals surface area (Å²) >= 11 is 0. The lowest BCUT2D eigenvalue weighted by Gasteiger charge is -2.38. The predicted molar refractivity (Wildman–Crippen MR) is 151 cm³/mol. The van der Waals surface area contributed by atoms with Crippen molar-refractivity contribution in [1.29, 1.82) is 0 Å². The fraction of sp³-hybridized carbons (Fsp3) is 0.633. The number of hydrogen-bond acceptors (Lipinski definition) is 6. The highest BCUT2D eigenvalue weighted by Gasteiger charge is 2.34. The van der Waals surface area contributed by atoms with E-state index < -0.39 is 22.9 Å². The van der Waals surface area contributed by atoms with Gasteiger partial charge >= 0.3 is 12.1 Å².